The molecule has 1 aliphatic rings. The molecule has 2 aromatic rings. The Hall–Kier alpha value is -3.06. The Kier molecular flexibility index (Phi) is 6.72. The van der Waals surface area contributed by atoms with E-state index >= 15 is 0 Å². The van der Waals surface area contributed by atoms with E-state index in [2.05, 4.69) is 0 Å². The van der Waals surface area contributed by atoms with Gasteiger partial charge < -0.3 is 24.2 Å². The molecule has 0 aliphatic carbocycles. The molecule has 1 saturated heterocycles. The monoisotopic (exact) mass is 399 g/mol. The Morgan fingerprint density at radius 2 is 1.90 bits per heavy atom. The molecule has 0 unspecified atom stereocenters. The molecular weight excluding hydrogens is 374 g/mol. The van der Waals surface area contributed by atoms with Crippen molar-refractivity contribution >= 4 is 11.9 Å². The third-order valence-electron chi connectivity index (χ3n) is 4.71. The lowest BCUT2D eigenvalue weighted by Crippen LogP contribution is -2.48. The van der Waals surface area contributed by atoms with Crippen molar-refractivity contribution in [3.05, 3.63) is 59.7 Å². The second-order valence-corrected chi connectivity index (χ2v) is 6.82. The van der Waals surface area contributed by atoms with E-state index in [4.69, 9.17) is 19.3 Å². The summed E-state index contributed by atoms with van der Waals surface area (Å²) in [6.07, 6.45) is -0.180. The minimum atomic E-state index is -1.08. The van der Waals surface area contributed by atoms with Gasteiger partial charge in [-0.1, -0.05) is 30.3 Å². The van der Waals surface area contributed by atoms with Crippen LogP contribution in [0.5, 0.6) is 11.5 Å². The highest BCUT2D eigenvalue weighted by molar-refractivity contribution is 5.95. The number of hydrogen-bond acceptors (Lipinski definition) is 5. The van der Waals surface area contributed by atoms with E-state index in [0.717, 1.165) is 5.56 Å². The van der Waals surface area contributed by atoms with Crippen LogP contribution in [0.15, 0.2) is 48.5 Å². The van der Waals surface area contributed by atoms with E-state index < -0.39 is 12.6 Å². The Morgan fingerprint density at radius 1 is 1.14 bits per heavy atom. The van der Waals surface area contributed by atoms with Gasteiger partial charge in [-0.05, 0) is 37.6 Å². The maximum absolute atomic E-state index is 13.2. The van der Waals surface area contributed by atoms with Crippen molar-refractivity contribution in [2.45, 2.75) is 26.0 Å². The van der Waals surface area contributed by atoms with E-state index in [9.17, 15) is 9.59 Å². The number of amides is 1. The van der Waals surface area contributed by atoms with Gasteiger partial charge in [0.05, 0.1) is 25.8 Å². The largest absolute Gasteiger partial charge is 0.490 e. The van der Waals surface area contributed by atoms with E-state index in [-0.39, 0.29) is 18.1 Å². The number of morpholine rings is 1. The Balaban J connectivity index is 1.80. The fourth-order valence-corrected chi connectivity index (χ4v) is 3.24. The summed E-state index contributed by atoms with van der Waals surface area (Å²) in [5, 5.41) is 8.82. The number of carbonyl (C=O) groups excluding carboxylic acids is 1. The van der Waals surface area contributed by atoms with Gasteiger partial charge >= 0.3 is 5.97 Å². The van der Waals surface area contributed by atoms with Gasteiger partial charge in [-0.3, -0.25) is 4.79 Å². The normalized spacial score (nSPS) is 18.9. The molecule has 0 aromatic heterocycles. The summed E-state index contributed by atoms with van der Waals surface area (Å²) in [7, 11) is 0. The van der Waals surface area contributed by atoms with Gasteiger partial charge in [0.1, 0.15) is 6.10 Å². The zero-order valence-corrected chi connectivity index (χ0v) is 16.5. The third-order valence-corrected chi connectivity index (χ3v) is 4.71. The number of carbonyl (C=O) groups is 2. The molecule has 29 heavy (non-hydrogen) atoms. The SMILES string of the molecule is CCOc1cc(C(=O)N2C[C@H](c3ccccc3)OC[C@@H]2C)ccc1OCC(=O)O. The predicted molar refractivity (Wildman–Crippen MR) is 106 cm³/mol. The quantitative estimate of drug-likeness (QED) is 0.770. The van der Waals surface area contributed by atoms with Gasteiger partial charge in [-0.25, -0.2) is 4.79 Å². The summed E-state index contributed by atoms with van der Waals surface area (Å²) < 4.78 is 16.7. The molecule has 2 aromatic carbocycles. The molecule has 1 heterocycles. The topological polar surface area (TPSA) is 85.3 Å². The Morgan fingerprint density at radius 3 is 2.59 bits per heavy atom. The zero-order valence-electron chi connectivity index (χ0n) is 16.5. The first-order valence-corrected chi connectivity index (χ1v) is 9.58. The molecule has 1 aliphatic heterocycles. The molecule has 1 N–H and O–H groups in total. The van der Waals surface area contributed by atoms with Gasteiger partial charge in [0.25, 0.3) is 5.91 Å². The van der Waals surface area contributed by atoms with Crippen molar-refractivity contribution in [1.82, 2.24) is 4.90 Å². The third kappa shape index (κ3) is 5.06. The van der Waals surface area contributed by atoms with Crippen molar-refractivity contribution in [3.8, 4) is 11.5 Å². The van der Waals surface area contributed by atoms with Crippen LogP contribution in [0.4, 0.5) is 0 Å². The summed E-state index contributed by atoms with van der Waals surface area (Å²) in [6.45, 7) is 4.54. The van der Waals surface area contributed by atoms with Crippen LogP contribution in [0.2, 0.25) is 0 Å². The number of nitrogens with zero attached hydrogens (tertiary/aromatic N) is 1. The number of rotatable bonds is 7. The molecule has 1 fully saturated rings. The van der Waals surface area contributed by atoms with Crippen LogP contribution >= 0.6 is 0 Å². The fourth-order valence-electron chi connectivity index (χ4n) is 3.24. The van der Waals surface area contributed by atoms with Crippen LogP contribution in [0.1, 0.15) is 35.9 Å². The van der Waals surface area contributed by atoms with E-state index in [1.54, 1.807) is 23.1 Å². The van der Waals surface area contributed by atoms with Crippen LogP contribution in [0, 0.1) is 0 Å². The van der Waals surface area contributed by atoms with E-state index in [1.807, 2.05) is 44.2 Å². The Labute approximate surface area is 169 Å². The lowest BCUT2D eigenvalue weighted by molar-refractivity contribution is -0.139. The second-order valence-electron chi connectivity index (χ2n) is 6.82. The van der Waals surface area contributed by atoms with Crippen LogP contribution in [-0.4, -0.2) is 54.3 Å². The van der Waals surface area contributed by atoms with Gasteiger partial charge in [0.15, 0.2) is 18.1 Å². The minimum absolute atomic E-state index is 0.0686. The van der Waals surface area contributed by atoms with Crippen molar-refractivity contribution < 1.29 is 28.9 Å². The van der Waals surface area contributed by atoms with Crippen molar-refractivity contribution in [2.75, 3.05) is 26.4 Å². The van der Waals surface area contributed by atoms with Gasteiger partial charge in [-0.15, -0.1) is 0 Å². The second kappa shape index (κ2) is 9.43. The number of benzene rings is 2. The highest BCUT2D eigenvalue weighted by atomic mass is 16.5. The van der Waals surface area contributed by atoms with E-state index in [0.29, 0.717) is 36.8 Å². The summed E-state index contributed by atoms with van der Waals surface area (Å²) in [5.74, 6) is -0.572. The molecule has 0 spiro atoms. The average Bonchev–Trinajstić information content (AvgIpc) is 2.73. The zero-order chi connectivity index (χ0) is 20.8. The van der Waals surface area contributed by atoms with Crippen molar-refractivity contribution in [2.24, 2.45) is 0 Å². The maximum Gasteiger partial charge on any atom is 0.341 e. The molecule has 2 atom stereocenters. The molecule has 1 amide bonds. The van der Waals surface area contributed by atoms with Gasteiger partial charge in [0, 0.05) is 5.56 Å². The average molecular weight is 399 g/mol. The molecule has 0 radical (unpaired) electrons. The van der Waals surface area contributed by atoms with Gasteiger partial charge in [0.2, 0.25) is 0 Å². The van der Waals surface area contributed by atoms with Crippen molar-refractivity contribution in [1.29, 1.82) is 0 Å². The fraction of sp³-hybridized carbons (Fsp3) is 0.364. The summed E-state index contributed by atoms with van der Waals surface area (Å²) in [6, 6.07) is 14.6. The summed E-state index contributed by atoms with van der Waals surface area (Å²) >= 11 is 0. The van der Waals surface area contributed by atoms with Crippen LogP contribution in [-0.2, 0) is 9.53 Å². The first-order chi connectivity index (χ1) is 14.0. The number of carboxylic acids is 1. The minimum Gasteiger partial charge on any atom is -0.490 e. The lowest BCUT2D eigenvalue weighted by atomic mass is 10.0. The summed E-state index contributed by atoms with van der Waals surface area (Å²) in [4.78, 5) is 25.8. The molecule has 0 saturated carbocycles. The first kappa shape index (κ1) is 20.7. The maximum atomic E-state index is 13.2. The summed E-state index contributed by atoms with van der Waals surface area (Å²) in [5.41, 5.74) is 1.49. The van der Waals surface area contributed by atoms with E-state index in [1.165, 1.54) is 0 Å². The molecule has 154 valence electrons. The molecule has 0 bridgehead atoms. The molecule has 7 nitrogen and oxygen atoms in total. The number of hydrogen-bond donors (Lipinski definition) is 1. The molecule has 7 heteroatoms. The standard InChI is InChI=1S/C22H25NO6/c1-3-27-19-11-17(9-10-18(19)29-14-21(24)25)22(26)23-12-20(28-13-15(23)2)16-7-5-4-6-8-16/h4-11,15,20H,3,12-14H2,1-2H3,(H,24,25)/t15-,20+/m0/s1. The number of ether oxygens (including phenoxy) is 3. The molecular formula is C22H25NO6. The highest BCUT2D eigenvalue weighted by Gasteiger charge is 2.31. The first-order valence-electron chi connectivity index (χ1n) is 9.58. The lowest BCUT2D eigenvalue weighted by Gasteiger charge is -2.38. The van der Waals surface area contributed by atoms with Crippen LogP contribution in [0.3, 0.4) is 0 Å². The predicted octanol–water partition coefficient (Wildman–Crippen LogP) is 3.15. The number of carboxylic acid groups (broad SMARTS) is 1. The molecule has 3 rings (SSSR count). The van der Waals surface area contributed by atoms with Crippen molar-refractivity contribution in [3.63, 3.8) is 0 Å². The Bertz CT molecular complexity index is 854. The highest BCUT2D eigenvalue weighted by Crippen LogP contribution is 2.31. The number of aliphatic carboxylic acids is 1. The smallest absolute Gasteiger partial charge is 0.341 e. The van der Waals surface area contributed by atoms with Gasteiger partial charge in [-0.2, -0.15) is 0 Å². The van der Waals surface area contributed by atoms with Crippen LogP contribution in [0.25, 0.3) is 0 Å². The van der Waals surface area contributed by atoms with Crippen LogP contribution < -0.4 is 9.47 Å².